The van der Waals surface area contributed by atoms with Crippen LogP contribution < -0.4 is 10.0 Å². The Morgan fingerprint density at radius 1 is 1.04 bits per heavy atom. The molecule has 0 aromatic heterocycles. The highest BCUT2D eigenvalue weighted by atomic mass is 79.9. The second-order valence-electron chi connectivity index (χ2n) is 5.95. The van der Waals surface area contributed by atoms with E-state index in [1.807, 2.05) is 6.07 Å². The SMILES string of the molecule is CCCCCCNS(=O)(=O)c1ccc(NC(=O)c2cccc(Br)c2)cc1. The van der Waals surface area contributed by atoms with E-state index in [0.29, 0.717) is 17.8 Å². The fraction of sp³-hybridized carbons (Fsp3) is 0.316. The van der Waals surface area contributed by atoms with Crippen molar-refractivity contribution >= 4 is 37.5 Å². The maximum absolute atomic E-state index is 12.3. The molecule has 0 aliphatic rings. The number of nitrogens with one attached hydrogen (secondary N) is 2. The van der Waals surface area contributed by atoms with E-state index < -0.39 is 10.0 Å². The molecule has 2 N–H and O–H groups in total. The Balaban J connectivity index is 1.95. The fourth-order valence-corrected chi connectivity index (χ4v) is 3.87. The fourth-order valence-electron chi connectivity index (χ4n) is 2.39. The van der Waals surface area contributed by atoms with Gasteiger partial charge < -0.3 is 5.32 Å². The van der Waals surface area contributed by atoms with Crippen LogP contribution in [0, 0.1) is 0 Å². The molecule has 140 valence electrons. The first kappa shape index (κ1) is 20.6. The molecule has 0 spiro atoms. The normalized spacial score (nSPS) is 11.3. The van der Waals surface area contributed by atoms with E-state index in [2.05, 4.69) is 32.9 Å². The summed E-state index contributed by atoms with van der Waals surface area (Å²) in [7, 11) is -3.52. The van der Waals surface area contributed by atoms with Crippen molar-refractivity contribution < 1.29 is 13.2 Å². The highest BCUT2D eigenvalue weighted by Crippen LogP contribution is 2.17. The lowest BCUT2D eigenvalue weighted by atomic mass is 10.2. The lowest BCUT2D eigenvalue weighted by molar-refractivity contribution is 0.102. The number of rotatable bonds is 9. The molecule has 26 heavy (non-hydrogen) atoms. The molecule has 7 heteroatoms. The number of amides is 1. The van der Waals surface area contributed by atoms with Crippen molar-refractivity contribution in [3.8, 4) is 0 Å². The monoisotopic (exact) mass is 438 g/mol. The van der Waals surface area contributed by atoms with Gasteiger partial charge in [-0.05, 0) is 48.9 Å². The summed E-state index contributed by atoms with van der Waals surface area (Å²) in [6, 6.07) is 13.2. The van der Waals surface area contributed by atoms with E-state index in [1.54, 1.807) is 30.3 Å². The number of hydrogen-bond acceptors (Lipinski definition) is 3. The number of benzene rings is 2. The first-order valence-corrected chi connectivity index (χ1v) is 10.9. The molecule has 0 fully saturated rings. The van der Waals surface area contributed by atoms with E-state index in [4.69, 9.17) is 0 Å². The molecule has 1 amide bonds. The Morgan fingerprint density at radius 3 is 2.42 bits per heavy atom. The Hall–Kier alpha value is -1.70. The summed E-state index contributed by atoms with van der Waals surface area (Å²) in [6.07, 6.45) is 4.06. The highest BCUT2D eigenvalue weighted by Gasteiger charge is 2.13. The van der Waals surface area contributed by atoms with Crippen LogP contribution in [0.15, 0.2) is 57.9 Å². The lowest BCUT2D eigenvalue weighted by Crippen LogP contribution is -2.24. The smallest absolute Gasteiger partial charge is 0.255 e. The van der Waals surface area contributed by atoms with Crippen LogP contribution in [-0.4, -0.2) is 20.9 Å². The van der Waals surface area contributed by atoms with Crippen LogP contribution in [0.2, 0.25) is 0 Å². The Labute approximate surface area is 163 Å². The molecule has 2 aromatic rings. The second kappa shape index (κ2) is 9.85. The van der Waals surface area contributed by atoms with Gasteiger partial charge >= 0.3 is 0 Å². The van der Waals surface area contributed by atoms with Crippen LogP contribution in [0.4, 0.5) is 5.69 Å². The minimum absolute atomic E-state index is 0.188. The van der Waals surface area contributed by atoms with E-state index >= 15 is 0 Å². The van der Waals surface area contributed by atoms with Crippen molar-refractivity contribution in [2.75, 3.05) is 11.9 Å². The van der Waals surface area contributed by atoms with Gasteiger partial charge in [0, 0.05) is 22.3 Å². The lowest BCUT2D eigenvalue weighted by Gasteiger charge is -2.09. The molecule has 0 radical (unpaired) electrons. The minimum Gasteiger partial charge on any atom is -0.322 e. The average Bonchev–Trinajstić information content (AvgIpc) is 2.62. The molecule has 0 unspecified atom stereocenters. The second-order valence-corrected chi connectivity index (χ2v) is 8.63. The minimum atomic E-state index is -3.52. The molecular formula is C19H23BrN2O3S. The number of carbonyl (C=O) groups excluding carboxylic acids is 1. The van der Waals surface area contributed by atoms with Gasteiger partial charge in [-0.2, -0.15) is 0 Å². The summed E-state index contributed by atoms with van der Waals surface area (Å²) in [5, 5.41) is 2.76. The molecule has 2 aromatic carbocycles. The van der Waals surface area contributed by atoms with Crippen LogP contribution in [0.25, 0.3) is 0 Å². The molecule has 2 rings (SSSR count). The van der Waals surface area contributed by atoms with Gasteiger partial charge in [-0.15, -0.1) is 0 Å². The van der Waals surface area contributed by atoms with E-state index in [0.717, 1.165) is 30.2 Å². The third-order valence-corrected chi connectivity index (χ3v) is 5.80. The molecule has 0 aliphatic carbocycles. The Bertz CT molecular complexity index is 836. The Morgan fingerprint density at radius 2 is 1.77 bits per heavy atom. The van der Waals surface area contributed by atoms with E-state index in [9.17, 15) is 13.2 Å². The van der Waals surface area contributed by atoms with Gasteiger partial charge in [-0.3, -0.25) is 4.79 Å². The average molecular weight is 439 g/mol. The maximum atomic E-state index is 12.3. The number of sulfonamides is 1. The van der Waals surface area contributed by atoms with Crippen molar-refractivity contribution in [1.82, 2.24) is 4.72 Å². The predicted octanol–water partition coefficient (Wildman–Crippen LogP) is 4.56. The third kappa shape index (κ3) is 6.23. The quantitative estimate of drug-likeness (QED) is 0.563. The summed E-state index contributed by atoms with van der Waals surface area (Å²) in [6.45, 7) is 2.55. The maximum Gasteiger partial charge on any atom is 0.255 e. The number of hydrogen-bond donors (Lipinski definition) is 2. The van der Waals surface area contributed by atoms with Gasteiger partial charge in [0.25, 0.3) is 5.91 Å². The molecule has 0 heterocycles. The molecule has 0 aliphatic heterocycles. The van der Waals surface area contributed by atoms with Crippen LogP contribution >= 0.6 is 15.9 Å². The van der Waals surface area contributed by atoms with E-state index in [1.165, 1.54) is 12.1 Å². The summed E-state index contributed by atoms with van der Waals surface area (Å²) in [4.78, 5) is 12.4. The molecule has 0 saturated carbocycles. The highest BCUT2D eigenvalue weighted by molar-refractivity contribution is 9.10. The summed E-state index contributed by atoms with van der Waals surface area (Å²) < 4.78 is 27.9. The standard InChI is InChI=1S/C19H23BrN2O3S/c1-2-3-4-5-13-21-26(24,25)18-11-9-17(10-12-18)22-19(23)15-7-6-8-16(20)14-15/h6-12,14,21H,2-5,13H2,1H3,(H,22,23). The predicted molar refractivity (Wildman–Crippen MR) is 108 cm³/mol. The molecule has 0 bridgehead atoms. The van der Waals surface area contributed by atoms with Crippen molar-refractivity contribution in [2.24, 2.45) is 0 Å². The molecule has 5 nitrogen and oxygen atoms in total. The third-order valence-electron chi connectivity index (χ3n) is 3.83. The zero-order valence-corrected chi connectivity index (χ0v) is 17.1. The summed E-state index contributed by atoms with van der Waals surface area (Å²) >= 11 is 3.33. The number of unbranched alkanes of at least 4 members (excludes halogenated alkanes) is 3. The number of halogens is 1. The van der Waals surface area contributed by atoms with Crippen LogP contribution in [-0.2, 0) is 10.0 Å². The molecular weight excluding hydrogens is 416 g/mol. The van der Waals surface area contributed by atoms with Gasteiger partial charge in [0.2, 0.25) is 10.0 Å². The topological polar surface area (TPSA) is 75.3 Å². The van der Waals surface area contributed by atoms with Gasteiger partial charge in [0.05, 0.1) is 4.90 Å². The van der Waals surface area contributed by atoms with Gasteiger partial charge in [0.15, 0.2) is 0 Å². The van der Waals surface area contributed by atoms with Crippen molar-refractivity contribution in [2.45, 2.75) is 37.5 Å². The Kier molecular flexibility index (Phi) is 7.81. The van der Waals surface area contributed by atoms with Gasteiger partial charge in [-0.1, -0.05) is 48.2 Å². The number of anilines is 1. The van der Waals surface area contributed by atoms with Gasteiger partial charge in [0.1, 0.15) is 0 Å². The number of carbonyl (C=O) groups is 1. The van der Waals surface area contributed by atoms with Crippen molar-refractivity contribution in [3.05, 3.63) is 58.6 Å². The van der Waals surface area contributed by atoms with Crippen molar-refractivity contribution in [1.29, 1.82) is 0 Å². The first-order valence-electron chi connectivity index (χ1n) is 8.59. The zero-order chi connectivity index (χ0) is 19.0. The van der Waals surface area contributed by atoms with Crippen LogP contribution in [0.5, 0.6) is 0 Å². The molecule has 0 saturated heterocycles. The summed E-state index contributed by atoms with van der Waals surface area (Å²) in [5.41, 5.74) is 1.06. The van der Waals surface area contributed by atoms with Crippen molar-refractivity contribution in [3.63, 3.8) is 0 Å². The van der Waals surface area contributed by atoms with E-state index in [-0.39, 0.29) is 10.8 Å². The first-order chi connectivity index (χ1) is 12.4. The van der Waals surface area contributed by atoms with Crippen LogP contribution in [0.1, 0.15) is 43.0 Å². The van der Waals surface area contributed by atoms with Crippen LogP contribution in [0.3, 0.4) is 0 Å². The summed E-state index contributed by atoms with van der Waals surface area (Å²) in [5.74, 6) is -0.254. The molecule has 0 atom stereocenters. The van der Waals surface area contributed by atoms with Gasteiger partial charge in [-0.25, -0.2) is 13.1 Å². The zero-order valence-electron chi connectivity index (χ0n) is 14.7. The largest absolute Gasteiger partial charge is 0.322 e.